The molecule has 0 aromatic heterocycles. The molecule has 28 heavy (non-hydrogen) atoms. The van der Waals surface area contributed by atoms with Gasteiger partial charge in [-0.05, 0) is 35.4 Å². The summed E-state index contributed by atoms with van der Waals surface area (Å²) in [6.07, 6.45) is -5.72. The van der Waals surface area contributed by atoms with E-state index in [9.17, 15) is 23.1 Å². The number of nitrogens with zero attached hydrogens (tertiary/aromatic N) is 1. The van der Waals surface area contributed by atoms with Crippen LogP contribution >= 0.6 is 23.2 Å². The second kappa shape index (κ2) is 8.29. The van der Waals surface area contributed by atoms with E-state index in [0.29, 0.717) is 26.1 Å². The number of benzene rings is 2. The van der Waals surface area contributed by atoms with E-state index in [1.165, 1.54) is 24.3 Å². The fourth-order valence-corrected chi connectivity index (χ4v) is 3.63. The Morgan fingerprint density at radius 1 is 1.11 bits per heavy atom. The molecule has 1 N–H and O–H groups in total. The Balaban J connectivity index is 2.14. The van der Waals surface area contributed by atoms with E-state index < -0.39 is 43.5 Å². The van der Waals surface area contributed by atoms with Gasteiger partial charge in [-0.25, -0.2) is 0 Å². The van der Waals surface area contributed by atoms with Crippen LogP contribution in [0, 0.1) is 0 Å². The van der Waals surface area contributed by atoms with Crippen LogP contribution in [0.5, 0.6) is 0 Å². The summed E-state index contributed by atoms with van der Waals surface area (Å²) in [6, 6.07) is 9.11. The maximum Gasteiger partial charge on any atom is 0.411 e. The van der Waals surface area contributed by atoms with Gasteiger partial charge in [0, 0.05) is 10.0 Å². The first-order valence-corrected chi connectivity index (χ1v) is 9.09. The second-order valence-corrected chi connectivity index (χ2v) is 7.20. The lowest BCUT2D eigenvalue weighted by molar-refractivity contribution is -0.220. The molecule has 1 saturated heterocycles. The van der Waals surface area contributed by atoms with E-state index in [1.54, 1.807) is 24.3 Å². The molecule has 1 fully saturated rings. The van der Waals surface area contributed by atoms with Crippen molar-refractivity contribution < 1.29 is 27.8 Å². The minimum atomic E-state index is -4.81. The Morgan fingerprint density at radius 2 is 1.79 bits per heavy atom. The molecule has 1 amide bonds. The van der Waals surface area contributed by atoms with Gasteiger partial charge in [-0.1, -0.05) is 47.5 Å². The van der Waals surface area contributed by atoms with E-state index in [4.69, 9.17) is 27.9 Å². The van der Waals surface area contributed by atoms with Crippen molar-refractivity contribution in [1.29, 1.82) is 0 Å². The predicted molar refractivity (Wildman–Crippen MR) is 98.1 cm³/mol. The van der Waals surface area contributed by atoms with Crippen LogP contribution in [0.15, 0.2) is 48.5 Å². The van der Waals surface area contributed by atoms with Crippen LogP contribution in [0.4, 0.5) is 13.2 Å². The highest BCUT2D eigenvalue weighted by molar-refractivity contribution is 6.30. The number of hydrogen-bond donors (Lipinski definition) is 1. The average molecular weight is 434 g/mol. The van der Waals surface area contributed by atoms with E-state index in [1.807, 2.05) is 0 Å². The van der Waals surface area contributed by atoms with Crippen molar-refractivity contribution in [2.24, 2.45) is 0 Å². The number of rotatable bonds is 4. The van der Waals surface area contributed by atoms with Crippen LogP contribution in [0.1, 0.15) is 23.3 Å². The largest absolute Gasteiger partial charge is 0.411 e. The van der Waals surface area contributed by atoms with Crippen molar-refractivity contribution in [1.82, 2.24) is 4.90 Å². The quantitative estimate of drug-likeness (QED) is 0.768. The van der Waals surface area contributed by atoms with Gasteiger partial charge in [0.2, 0.25) is 5.91 Å². The summed E-state index contributed by atoms with van der Waals surface area (Å²) in [7, 11) is 0. The number of alkyl halides is 3. The molecule has 2 aromatic rings. The number of amides is 1. The van der Waals surface area contributed by atoms with Crippen molar-refractivity contribution in [2.75, 3.05) is 13.2 Å². The molecule has 1 heterocycles. The van der Waals surface area contributed by atoms with E-state index in [-0.39, 0.29) is 0 Å². The summed E-state index contributed by atoms with van der Waals surface area (Å²) in [6.45, 7) is -1.81. The summed E-state index contributed by atoms with van der Waals surface area (Å²) in [4.78, 5) is 13.1. The van der Waals surface area contributed by atoms with E-state index >= 15 is 0 Å². The van der Waals surface area contributed by atoms with Gasteiger partial charge in [0.15, 0.2) is 6.04 Å². The lowest BCUT2D eigenvalue weighted by Crippen LogP contribution is -2.57. The molecule has 0 aliphatic carbocycles. The normalized spacial score (nSPS) is 21.6. The van der Waals surface area contributed by atoms with Gasteiger partial charge in [-0.15, -0.1) is 0 Å². The van der Waals surface area contributed by atoms with Gasteiger partial charge in [-0.2, -0.15) is 13.2 Å². The highest BCUT2D eigenvalue weighted by Gasteiger charge is 2.51. The van der Waals surface area contributed by atoms with Gasteiger partial charge >= 0.3 is 6.18 Å². The van der Waals surface area contributed by atoms with Gasteiger partial charge in [0.25, 0.3) is 0 Å². The number of aliphatic hydroxyl groups excluding tert-OH is 1. The molecule has 150 valence electrons. The minimum Gasteiger partial charge on any atom is -0.394 e. The zero-order chi connectivity index (χ0) is 20.5. The molecule has 0 saturated carbocycles. The maximum absolute atomic E-state index is 13.6. The highest BCUT2D eigenvalue weighted by Crippen LogP contribution is 2.44. The van der Waals surface area contributed by atoms with E-state index in [0.717, 1.165) is 0 Å². The molecule has 9 heteroatoms. The van der Waals surface area contributed by atoms with Crippen molar-refractivity contribution in [3.05, 3.63) is 69.7 Å². The Labute approximate surface area is 169 Å². The van der Waals surface area contributed by atoms with Gasteiger partial charge in [-0.3, -0.25) is 4.79 Å². The van der Waals surface area contributed by atoms with Crippen molar-refractivity contribution in [2.45, 2.75) is 24.4 Å². The van der Waals surface area contributed by atoms with Crippen LogP contribution in [-0.4, -0.2) is 41.3 Å². The standard InChI is InChI=1S/C19H16Cl2F3NO3/c20-13-6-4-11(5-7-13)17-18(12-2-1-3-14(21)8-12)28-10-16(27)25(17)15(9-26)19(22,23)24/h1-8,15,17-18,26H,9-10H2/t15?,17-,18-/m1/s1. The van der Waals surface area contributed by atoms with Crippen molar-refractivity contribution in [3.8, 4) is 0 Å². The lowest BCUT2D eigenvalue weighted by Gasteiger charge is -2.45. The Kier molecular flexibility index (Phi) is 6.19. The summed E-state index contributed by atoms with van der Waals surface area (Å²) < 4.78 is 46.4. The molecule has 0 spiro atoms. The first-order valence-electron chi connectivity index (χ1n) is 8.33. The topological polar surface area (TPSA) is 49.8 Å². The van der Waals surface area contributed by atoms with Crippen LogP contribution in [0.3, 0.4) is 0 Å². The van der Waals surface area contributed by atoms with Gasteiger partial charge in [0.05, 0.1) is 12.6 Å². The summed E-state index contributed by atoms with van der Waals surface area (Å²) in [5.41, 5.74) is 0.911. The fourth-order valence-electron chi connectivity index (χ4n) is 3.30. The summed E-state index contributed by atoms with van der Waals surface area (Å²) in [5.74, 6) is -0.866. The Bertz CT molecular complexity index is 845. The number of halogens is 5. The first-order chi connectivity index (χ1) is 13.2. The number of hydrogen-bond acceptors (Lipinski definition) is 3. The molecule has 0 radical (unpaired) electrons. The zero-order valence-electron chi connectivity index (χ0n) is 14.4. The number of morpholine rings is 1. The van der Waals surface area contributed by atoms with Gasteiger partial charge < -0.3 is 14.7 Å². The van der Waals surface area contributed by atoms with Crippen molar-refractivity contribution in [3.63, 3.8) is 0 Å². The minimum absolute atomic E-state index is 0.383. The average Bonchev–Trinajstić information content (AvgIpc) is 2.63. The molecular formula is C19H16Cl2F3NO3. The fraction of sp³-hybridized carbons (Fsp3) is 0.316. The monoisotopic (exact) mass is 433 g/mol. The molecule has 3 atom stereocenters. The third-order valence-corrected chi connectivity index (χ3v) is 5.02. The van der Waals surface area contributed by atoms with Gasteiger partial charge in [0.1, 0.15) is 12.7 Å². The molecule has 3 rings (SSSR count). The summed E-state index contributed by atoms with van der Waals surface area (Å²) in [5, 5.41) is 10.2. The summed E-state index contributed by atoms with van der Waals surface area (Å²) >= 11 is 11.9. The molecule has 4 nitrogen and oxygen atoms in total. The maximum atomic E-state index is 13.6. The number of carbonyl (C=O) groups excluding carboxylic acids is 1. The smallest absolute Gasteiger partial charge is 0.394 e. The molecule has 1 aliphatic heterocycles. The molecule has 1 unspecified atom stereocenters. The molecule has 2 aromatic carbocycles. The van der Waals surface area contributed by atoms with E-state index in [2.05, 4.69) is 0 Å². The second-order valence-electron chi connectivity index (χ2n) is 6.32. The van der Waals surface area contributed by atoms with Crippen LogP contribution < -0.4 is 0 Å². The van der Waals surface area contributed by atoms with Crippen LogP contribution in [-0.2, 0) is 9.53 Å². The van der Waals surface area contributed by atoms with Crippen molar-refractivity contribution >= 4 is 29.1 Å². The van der Waals surface area contributed by atoms with Crippen LogP contribution in [0.25, 0.3) is 0 Å². The number of aliphatic hydroxyl groups is 1. The molecule has 0 bridgehead atoms. The van der Waals surface area contributed by atoms with Crippen LogP contribution in [0.2, 0.25) is 10.0 Å². The molecular weight excluding hydrogens is 418 g/mol. The highest BCUT2D eigenvalue weighted by atomic mass is 35.5. The third-order valence-electron chi connectivity index (χ3n) is 4.54. The Morgan fingerprint density at radius 3 is 2.36 bits per heavy atom. The number of carbonyl (C=O) groups is 1. The lowest BCUT2D eigenvalue weighted by atomic mass is 9.91. The SMILES string of the molecule is O=C1CO[C@H](c2cccc(Cl)c2)[C@@H](c2ccc(Cl)cc2)N1C(CO)C(F)(F)F. The molecule has 1 aliphatic rings. The first kappa shape index (κ1) is 20.9. The number of ether oxygens (including phenoxy) is 1. The predicted octanol–water partition coefficient (Wildman–Crippen LogP) is 4.56. The third kappa shape index (κ3) is 4.27. The zero-order valence-corrected chi connectivity index (χ0v) is 15.9. The Hall–Kier alpha value is -1.80.